The smallest absolute Gasteiger partial charge is 0.234 e. The molecular formula is C20H23FN2O3. The molecule has 0 spiro atoms. The summed E-state index contributed by atoms with van der Waals surface area (Å²) in [6.07, 6.45) is 0. The Morgan fingerprint density at radius 1 is 1.15 bits per heavy atom. The maximum atomic E-state index is 13.6. The van der Waals surface area contributed by atoms with Gasteiger partial charge in [0.2, 0.25) is 12.7 Å². The van der Waals surface area contributed by atoms with E-state index in [2.05, 4.69) is 5.32 Å². The highest BCUT2D eigenvalue weighted by molar-refractivity contribution is 5.78. The molecule has 0 unspecified atom stereocenters. The zero-order valence-corrected chi connectivity index (χ0v) is 15.0. The molecule has 6 heteroatoms. The van der Waals surface area contributed by atoms with E-state index in [0.29, 0.717) is 18.7 Å². The fourth-order valence-electron chi connectivity index (χ4n) is 2.78. The molecule has 3 rings (SSSR count). The van der Waals surface area contributed by atoms with E-state index in [4.69, 9.17) is 9.47 Å². The quantitative estimate of drug-likeness (QED) is 0.827. The molecule has 1 aliphatic rings. The van der Waals surface area contributed by atoms with Gasteiger partial charge in [-0.15, -0.1) is 0 Å². The fraction of sp³-hybridized carbons (Fsp3) is 0.350. The molecule has 1 aliphatic heterocycles. The summed E-state index contributed by atoms with van der Waals surface area (Å²) in [6, 6.07) is 10.8. The fourth-order valence-corrected chi connectivity index (χ4v) is 2.78. The summed E-state index contributed by atoms with van der Waals surface area (Å²) in [7, 11) is 0. The molecule has 0 saturated carbocycles. The summed E-state index contributed by atoms with van der Waals surface area (Å²) >= 11 is 0. The average Bonchev–Trinajstić information content (AvgIpc) is 3.10. The van der Waals surface area contributed by atoms with Crippen molar-refractivity contribution in [3.05, 3.63) is 58.9 Å². The van der Waals surface area contributed by atoms with E-state index in [1.807, 2.05) is 36.1 Å². The molecule has 1 amide bonds. The van der Waals surface area contributed by atoms with Crippen LogP contribution in [-0.2, 0) is 17.9 Å². The second-order valence-electron chi connectivity index (χ2n) is 6.35. The number of rotatable bonds is 7. The molecule has 1 N–H and O–H groups in total. The molecular weight excluding hydrogens is 335 g/mol. The third-order valence-electron chi connectivity index (χ3n) is 4.38. The number of fused-ring (bicyclic) bond motifs is 1. The van der Waals surface area contributed by atoms with Crippen molar-refractivity contribution in [1.29, 1.82) is 0 Å². The number of hydrogen-bond donors (Lipinski definition) is 1. The van der Waals surface area contributed by atoms with Crippen LogP contribution in [0, 0.1) is 12.7 Å². The second-order valence-corrected chi connectivity index (χ2v) is 6.35. The third-order valence-corrected chi connectivity index (χ3v) is 4.38. The normalized spacial score (nSPS) is 12.5. The van der Waals surface area contributed by atoms with Crippen LogP contribution in [0.15, 0.2) is 36.4 Å². The van der Waals surface area contributed by atoms with Gasteiger partial charge in [-0.25, -0.2) is 4.39 Å². The summed E-state index contributed by atoms with van der Waals surface area (Å²) in [4.78, 5) is 14.3. The highest BCUT2D eigenvalue weighted by Crippen LogP contribution is 2.32. The van der Waals surface area contributed by atoms with Crippen molar-refractivity contribution in [3.63, 3.8) is 0 Å². The first kappa shape index (κ1) is 18.2. The summed E-state index contributed by atoms with van der Waals surface area (Å²) < 4.78 is 24.3. The van der Waals surface area contributed by atoms with E-state index < -0.39 is 0 Å². The third kappa shape index (κ3) is 4.52. The maximum Gasteiger partial charge on any atom is 0.234 e. The van der Waals surface area contributed by atoms with Crippen LogP contribution in [-0.4, -0.2) is 30.7 Å². The van der Waals surface area contributed by atoms with Gasteiger partial charge in [-0.3, -0.25) is 9.69 Å². The van der Waals surface area contributed by atoms with E-state index in [-0.39, 0.29) is 25.1 Å². The lowest BCUT2D eigenvalue weighted by atomic mass is 10.1. The predicted molar refractivity (Wildman–Crippen MR) is 96.5 cm³/mol. The number of likely N-dealkylation sites (N-methyl/N-ethyl adjacent to an activating group) is 1. The Hall–Kier alpha value is -2.60. The summed E-state index contributed by atoms with van der Waals surface area (Å²) in [6.45, 7) is 5.94. The van der Waals surface area contributed by atoms with Crippen LogP contribution in [0.5, 0.6) is 11.5 Å². The van der Waals surface area contributed by atoms with Gasteiger partial charge in [0.25, 0.3) is 0 Å². The Kier molecular flexibility index (Phi) is 5.73. The molecule has 5 nitrogen and oxygen atoms in total. The Morgan fingerprint density at radius 2 is 1.92 bits per heavy atom. The number of carbonyl (C=O) groups excluding carboxylic acids is 1. The number of aryl methyl sites for hydroxylation is 1. The molecule has 0 bridgehead atoms. The van der Waals surface area contributed by atoms with Gasteiger partial charge in [-0.05, 0) is 48.4 Å². The van der Waals surface area contributed by atoms with Crippen molar-refractivity contribution >= 4 is 5.91 Å². The molecule has 138 valence electrons. The number of carbonyl (C=O) groups is 1. The molecule has 0 fully saturated rings. The maximum absolute atomic E-state index is 13.6. The molecule has 1 heterocycles. The van der Waals surface area contributed by atoms with Crippen molar-refractivity contribution in [2.45, 2.75) is 26.9 Å². The van der Waals surface area contributed by atoms with Crippen molar-refractivity contribution in [1.82, 2.24) is 10.2 Å². The van der Waals surface area contributed by atoms with Crippen LogP contribution < -0.4 is 14.8 Å². The second kappa shape index (κ2) is 8.19. The molecule has 2 aromatic carbocycles. The van der Waals surface area contributed by atoms with Crippen LogP contribution in [0.4, 0.5) is 4.39 Å². The Bertz CT molecular complexity index is 795. The number of nitrogens with one attached hydrogen (secondary N) is 1. The van der Waals surface area contributed by atoms with E-state index in [1.165, 1.54) is 6.07 Å². The zero-order valence-electron chi connectivity index (χ0n) is 15.0. The highest BCUT2D eigenvalue weighted by atomic mass is 19.1. The van der Waals surface area contributed by atoms with E-state index in [9.17, 15) is 9.18 Å². The average molecular weight is 358 g/mol. The van der Waals surface area contributed by atoms with Gasteiger partial charge < -0.3 is 14.8 Å². The first-order valence-corrected chi connectivity index (χ1v) is 8.67. The predicted octanol–water partition coefficient (Wildman–Crippen LogP) is 3.00. The molecule has 0 aromatic heterocycles. The number of ether oxygens (including phenoxy) is 2. The van der Waals surface area contributed by atoms with Crippen molar-refractivity contribution in [3.8, 4) is 11.5 Å². The summed E-state index contributed by atoms with van der Waals surface area (Å²) in [5.74, 6) is 1.15. The van der Waals surface area contributed by atoms with Gasteiger partial charge in [-0.2, -0.15) is 0 Å². The van der Waals surface area contributed by atoms with Gasteiger partial charge >= 0.3 is 0 Å². The van der Waals surface area contributed by atoms with Crippen molar-refractivity contribution < 1.29 is 18.7 Å². The Morgan fingerprint density at radius 3 is 2.69 bits per heavy atom. The first-order chi connectivity index (χ1) is 12.5. The number of nitrogens with zero attached hydrogens (tertiary/aromatic N) is 1. The Balaban J connectivity index is 1.52. The number of amides is 1. The number of halogens is 1. The molecule has 0 radical (unpaired) electrons. The number of hydrogen-bond acceptors (Lipinski definition) is 4. The van der Waals surface area contributed by atoms with E-state index in [1.54, 1.807) is 13.0 Å². The summed E-state index contributed by atoms with van der Waals surface area (Å²) in [5, 5.41) is 2.85. The van der Waals surface area contributed by atoms with Crippen molar-refractivity contribution in [2.75, 3.05) is 19.9 Å². The van der Waals surface area contributed by atoms with Gasteiger partial charge in [0.05, 0.1) is 6.54 Å². The largest absolute Gasteiger partial charge is 0.454 e. The lowest BCUT2D eigenvalue weighted by Gasteiger charge is -2.20. The van der Waals surface area contributed by atoms with Crippen LogP contribution in [0.1, 0.15) is 23.6 Å². The lowest BCUT2D eigenvalue weighted by molar-refractivity contribution is -0.122. The van der Waals surface area contributed by atoms with Crippen LogP contribution in [0.2, 0.25) is 0 Å². The van der Waals surface area contributed by atoms with E-state index in [0.717, 1.165) is 29.2 Å². The highest BCUT2D eigenvalue weighted by Gasteiger charge is 2.15. The van der Waals surface area contributed by atoms with Gasteiger partial charge in [0, 0.05) is 13.1 Å². The lowest BCUT2D eigenvalue weighted by Crippen LogP contribution is -2.36. The molecule has 0 aliphatic carbocycles. The zero-order chi connectivity index (χ0) is 18.5. The van der Waals surface area contributed by atoms with Crippen LogP contribution >= 0.6 is 0 Å². The van der Waals surface area contributed by atoms with Gasteiger partial charge in [-0.1, -0.05) is 25.1 Å². The minimum absolute atomic E-state index is 0.0893. The molecule has 2 aromatic rings. The Labute approximate surface area is 152 Å². The number of benzene rings is 2. The minimum atomic E-state index is -0.255. The minimum Gasteiger partial charge on any atom is -0.454 e. The molecule has 26 heavy (non-hydrogen) atoms. The van der Waals surface area contributed by atoms with Gasteiger partial charge in [0.1, 0.15) is 5.82 Å². The van der Waals surface area contributed by atoms with E-state index >= 15 is 0 Å². The monoisotopic (exact) mass is 358 g/mol. The topological polar surface area (TPSA) is 50.8 Å². The first-order valence-electron chi connectivity index (χ1n) is 8.67. The van der Waals surface area contributed by atoms with Crippen molar-refractivity contribution in [2.24, 2.45) is 0 Å². The standard InChI is InChI=1S/C20H23FN2O3/c1-3-23(11-16-6-7-18-19(9-16)26-13-25-18)12-20(24)22-10-15-5-4-14(2)17(21)8-15/h4-9H,3,10-13H2,1-2H3,(H,22,24). The van der Waals surface area contributed by atoms with Gasteiger partial charge in [0.15, 0.2) is 11.5 Å². The van der Waals surface area contributed by atoms with Crippen LogP contribution in [0.25, 0.3) is 0 Å². The summed E-state index contributed by atoms with van der Waals surface area (Å²) in [5.41, 5.74) is 2.41. The molecule has 0 atom stereocenters. The SMILES string of the molecule is CCN(CC(=O)NCc1ccc(C)c(F)c1)Cc1ccc2c(c1)OCO2. The van der Waals surface area contributed by atoms with Crippen LogP contribution in [0.3, 0.4) is 0 Å². The molecule has 0 saturated heterocycles.